The topological polar surface area (TPSA) is 50.2 Å². The van der Waals surface area contributed by atoms with Crippen LogP contribution < -0.4 is 5.32 Å². The first-order valence-electron chi connectivity index (χ1n) is 6.29. The molecule has 0 spiro atoms. The minimum absolute atomic E-state index is 0. The van der Waals surface area contributed by atoms with Crippen molar-refractivity contribution in [2.24, 2.45) is 7.05 Å². The summed E-state index contributed by atoms with van der Waals surface area (Å²) in [5.74, 6) is 0.00464. The minimum Gasteiger partial charge on any atom is -0.344 e. The van der Waals surface area contributed by atoms with Crippen molar-refractivity contribution in [3.05, 3.63) is 17.0 Å². The van der Waals surface area contributed by atoms with Gasteiger partial charge in [-0.3, -0.25) is 9.48 Å². The maximum atomic E-state index is 12.3. The van der Waals surface area contributed by atoms with Gasteiger partial charge < -0.3 is 10.2 Å². The van der Waals surface area contributed by atoms with E-state index in [4.69, 9.17) is 0 Å². The molecule has 0 fully saturated rings. The van der Waals surface area contributed by atoms with Crippen LogP contribution in [-0.2, 0) is 11.8 Å². The van der Waals surface area contributed by atoms with Crippen LogP contribution in [0.4, 0.5) is 0 Å². The molecule has 1 atom stereocenters. The molecule has 1 amide bonds. The van der Waals surface area contributed by atoms with E-state index >= 15 is 0 Å². The SMILES string of the molecule is CNCCN(C)C(=O)C(C)c1c(C)nn(C)c1C.Cl.Cl. The normalized spacial score (nSPS) is 11.3. The molecule has 1 aromatic rings. The second kappa shape index (κ2) is 9.21. The molecule has 1 unspecified atom stereocenters. The van der Waals surface area contributed by atoms with Crippen LogP contribution in [-0.4, -0.2) is 47.8 Å². The zero-order valence-corrected chi connectivity index (χ0v) is 14.7. The Morgan fingerprint density at radius 1 is 1.40 bits per heavy atom. The highest BCUT2D eigenvalue weighted by Crippen LogP contribution is 2.24. The fourth-order valence-corrected chi connectivity index (χ4v) is 2.26. The quantitative estimate of drug-likeness (QED) is 0.896. The predicted molar refractivity (Wildman–Crippen MR) is 87.2 cm³/mol. The summed E-state index contributed by atoms with van der Waals surface area (Å²) in [6.07, 6.45) is 0. The zero-order valence-electron chi connectivity index (χ0n) is 13.1. The lowest BCUT2D eigenvalue weighted by Gasteiger charge is -2.21. The van der Waals surface area contributed by atoms with Gasteiger partial charge in [0, 0.05) is 38.4 Å². The Labute approximate surface area is 133 Å². The lowest BCUT2D eigenvalue weighted by Crippen LogP contribution is -2.35. The Hall–Kier alpha value is -0.780. The molecule has 0 saturated carbocycles. The van der Waals surface area contributed by atoms with Gasteiger partial charge in [-0.05, 0) is 27.8 Å². The summed E-state index contributed by atoms with van der Waals surface area (Å²) in [6, 6.07) is 0. The number of hydrogen-bond donors (Lipinski definition) is 1. The van der Waals surface area contributed by atoms with E-state index in [1.54, 1.807) is 4.90 Å². The third-order valence-electron chi connectivity index (χ3n) is 3.44. The fraction of sp³-hybridized carbons (Fsp3) is 0.692. The summed E-state index contributed by atoms with van der Waals surface area (Å²) in [4.78, 5) is 14.1. The van der Waals surface area contributed by atoms with E-state index in [0.717, 1.165) is 30.0 Å². The largest absolute Gasteiger partial charge is 0.344 e. The maximum Gasteiger partial charge on any atom is 0.229 e. The number of likely N-dealkylation sites (N-methyl/N-ethyl adjacent to an activating group) is 2. The molecule has 0 aliphatic carbocycles. The molecule has 20 heavy (non-hydrogen) atoms. The molecule has 7 heteroatoms. The first-order chi connectivity index (χ1) is 8.40. The van der Waals surface area contributed by atoms with Gasteiger partial charge in [0.2, 0.25) is 5.91 Å². The van der Waals surface area contributed by atoms with Gasteiger partial charge in [-0.1, -0.05) is 0 Å². The molecule has 1 aromatic heterocycles. The number of aromatic nitrogens is 2. The van der Waals surface area contributed by atoms with Crippen LogP contribution >= 0.6 is 24.8 Å². The molecule has 1 rings (SSSR count). The number of amides is 1. The molecule has 5 nitrogen and oxygen atoms in total. The molecule has 1 N–H and O–H groups in total. The lowest BCUT2D eigenvalue weighted by molar-refractivity contribution is -0.131. The molecule has 0 aliphatic rings. The van der Waals surface area contributed by atoms with Gasteiger partial charge in [-0.2, -0.15) is 5.10 Å². The number of aryl methyl sites for hydroxylation is 2. The van der Waals surface area contributed by atoms with E-state index in [1.165, 1.54) is 0 Å². The van der Waals surface area contributed by atoms with Crippen molar-refractivity contribution in [1.29, 1.82) is 0 Å². The van der Waals surface area contributed by atoms with E-state index in [0.29, 0.717) is 0 Å². The van der Waals surface area contributed by atoms with Crippen LogP contribution in [0.15, 0.2) is 0 Å². The van der Waals surface area contributed by atoms with Crippen LogP contribution in [0.3, 0.4) is 0 Å². The highest BCUT2D eigenvalue weighted by molar-refractivity contribution is 5.85. The standard InChI is InChI=1S/C13H24N4O.2ClH/c1-9(13(18)16(5)8-7-14-4)12-10(2)15-17(6)11(12)3;;/h9,14H,7-8H2,1-6H3;2*1H. The van der Waals surface area contributed by atoms with E-state index in [9.17, 15) is 4.79 Å². The van der Waals surface area contributed by atoms with Crippen LogP contribution in [0.25, 0.3) is 0 Å². The van der Waals surface area contributed by atoms with Gasteiger partial charge in [0.15, 0.2) is 0 Å². The molecule has 0 bridgehead atoms. The van der Waals surface area contributed by atoms with Crippen LogP contribution in [0, 0.1) is 13.8 Å². The van der Waals surface area contributed by atoms with Crippen molar-refractivity contribution in [1.82, 2.24) is 20.0 Å². The summed E-state index contributed by atoms with van der Waals surface area (Å²) in [7, 11) is 5.64. The van der Waals surface area contributed by atoms with Gasteiger partial charge in [0.25, 0.3) is 0 Å². The number of halogens is 2. The Morgan fingerprint density at radius 2 is 1.95 bits per heavy atom. The molecule has 0 aliphatic heterocycles. The van der Waals surface area contributed by atoms with Crippen molar-refractivity contribution >= 4 is 30.7 Å². The molecule has 118 valence electrons. The fourth-order valence-electron chi connectivity index (χ4n) is 2.26. The highest BCUT2D eigenvalue weighted by Gasteiger charge is 2.24. The minimum atomic E-state index is -0.138. The van der Waals surface area contributed by atoms with Crippen LogP contribution in [0.5, 0.6) is 0 Å². The van der Waals surface area contributed by atoms with E-state index < -0.39 is 0 Å². The molecule has 0 saturated heterocycles. The third kappa shape index (κ3) is 4.65. The Morgan fingerprint density at radius 3 is 2.35 bits per heavy atom. The second-order valence-electron chi connectivity index (χ2n) is 4.79. The first kappa shape index (κ1) is 21.5. The van der Waals surface area contributed by atoms with Gasteiger partial charge in [-0.15, -0.1) is 24.8 Å². The first-order valence-corrected chi connectivity index (χ1v) is 6.29. The number of nitrogens with one attached hydrogen (secondary N) is 1. The molecule has 0 aromatic carbocycles. The molecular weight excluding hydrogens is 299 g/mol. The van der Waals surface area contributed by atoms with Gasteiger partial charge in [-0.25, -0.2) is 0 Å². The van der Waals surface area contributed by atoms with Crippen molar-refractivity contribution < 1.29 is 4.79 Å². The van der Waals surface area contributed by atoms with Gasteiger partial charge >= 0.3 is 0 Å². The van der Waals surface area contributed by atoms with E-state index in [2.05, 4.69) is 10.4 Å². The van der Waals surface area contributed by atoms with E-state index in [-0.39, 0.29) is 36.6 Å². The smallest absolute Gasteiger partial charge is 0.229 e. The monoisotopic (exact) mass is 324 g/mol. The summed E-state index contributed by atoms with van der Waals surface area (Å²) in [5.41, 5.74) is 3.06. The van der Waals surface area contributed by atoms with Crippen molar-refractivity contribution in [2.75, 3.05) is 27.2 Å². The average Bonchev–Trinajstić information content (AvgIpc) is 2.58. The number of rotatable bonds is 5. The number of carbonyl (C=O) groups excluding carboxylic acids is 1. The summed E-state index contributed by atoms with van der Waals surface area (Å²) < 4.78 is 1.84. The zero-order chi connectivity index (χ0) is 13.9. The van der Waals surface area contributed by atoms with Crippen LogP contribution in [0.1, 0.15) is 29.8 Å². The number of carbonyl (C=O) groups is 1. The summed E-state index contributed by atoms with van der Waals surface area (Å²) >= 11 is 0. The average molecular weight is 325 g/mol. The third-order valence-corrected chi connectivity index (χ3v) is 3.44. The maximum absolute atomic E-state index is 12.3. The van der Waals surface area contributed by atoms with Gasteiger partial charge in [0.1, 0.15) is 0 Å². The molecule has 0 radical (unpaired) electrons. The molecular formula is C13H26Cl2N4O. The Balaban J connectivity index is 0. The Bertz CT molecular complexity index is 434. The van der Waals surface area contributed by atoms with Crippen molar-refractivity contribution in [3.8, 4) is 0 Å². The number of hydrogen-bond acceptors (Lipinski definition) is 3. The van der Waals surface area contributed by atoms with E-state index in [1.807, 2.05) is 46.6 Å². The van der Waals surface area contributed by atoms with Crippen molar-refractivity contribution in [3.63, 3.8) is 0 Å². The molecule has 1 heterocycles. The number of nitrogens with zero attached hydrogens (tertiary/aromatic N) is 3. The second-order valence-corrected chi connectivity index (χ2v) is 4.79. The predicted octanol–water partition coefficient (Wildman–Crippen LogP) is 1.66. The lowest BCUT2D eigenvalue weighted by atomic mass is 9.98. The van der Waals surface area contributed by atoms with Crippen molar-refractivity contribution in [2.45, 2.75) is 26.7 Å². The van der Waals surface area contributed by atoms with Crippen LogP contribution in [0.2, 0.25) is 0 Å². The Kier molecular flexibility index (Phi) is 9.91. The summed E-state index contributed by atoms with van der Waals surface area (Å²) in [6.45, 7) is 7.44. The summed E-state index contributed by atoms with van der Waals surface area (Å²) in [5, 5.41) is 7.42. The highest BCUT2D eigenvalue weighted by atomic mass is 35.5. The van der Waals surface area contributed by atoms with Gasteiger partial charge in [0.05, 0.1) is 11.6 Å².